The fourth-order valence-corrected chi connectivity index (χ4v) is 3.17. The van der Waals surface area contributed by atoms with Crippen LogP contribution in [0, 0.1) is 0 Å². The lowest BCUT2D eigenvalue weighted by atomic mass is 10.2. The van der Waals surface area contributed by atoms with Gasteiger partial charge in [0.25, 0.3) is 0 Å². The fourth-order valence-electron chi connectivity index (χ4n) is 2.53. The first-order valence-corrected chi connectivity index (χ1v) is 6.92. The third-order valence-corrected chi connectivity index (χ3v) is 4.04. The average molecular weight is 307 g/mol. The lowest BCUT2D eigenvalue weighted by Gasteiger charge is -2.13. The molecule has 18 heavy (non-hydrogen) atoms. The van der Waals surface area contributed by atoms with Crippen molar-refractivity contribution in [2.24, 2.45) is 7.05 Å². The molecule has 1 heterocycles. The van der Waals surface area contributed by atoms with Gasteiger partial charge in [-0.3, -0.25) is 4.68 Å². The van der Waals surface area contributed by atoms with Crippen LogP contribution in [0.5, 0.6) is 0 Å². The Morgan fingerprint density at radius 3 is 2.94 bits per heavy atom. The van der Waals surface area contributed by atoms with Crippen molar-refractivity contribution < 1.29 is 4.74 Å². The summed E-state index contributed by atoms with van der Waals surface area (Å²) in [5, 5.41) is 4.39. The van der Waals surface area contributed by atoms with E-state index in [-0.39, 0.29) is 6.10 Å². The van der Waals surface area contributed by atoms with Gasteiger partial charge in [0.05, 0.1) is 12.3 Å². The minimum atomic E-state index is 0.170. The van der Waals surface area contributed by atoms with Crippen LogP contribution in [0.2, 0.25) is 0 Å². The van der Waals surface area contributed by atoms with E-state index in [0.29, 0.717) is 6.61 Å². The van der Waals surface area contributed by atoms with Crippen molar-refractivity contribution in [3.05, 3.63) is 51.8 Å². The highest BCUT2D eigenvalue weighted by Gasteiger charge is 2.29. The van der Waals surface area contributed by atoms with E-state index in [1.165, 1.54) is 16.8 Å². The van der Waals surface area contributed by atoms with Crippen LogP contribution in [-0.4, -0.2) is 9.78 Å². The van der Waals surface area contributed by atoms with Crippen LogP contribution in [0.3, 0.4) is 0 Å². The van der Waals surface area contributed by atoms with Gasteiger partial charge in [0.2, 0.25) is 0 Å². The van der Waals surface area contributed by atoms with E-state index < -0.39 is 0 Å². The topological polar surface area (TPSA) is 27.1 Å². The quantitative estimate of drug-likeness (QED) is 0.869. The number of benzene rings is 1. The van der Waals surface area contributed by atoms with E-state index >= 15 is 0 Å². The Kier molecular flexibility index (Phi) is 3.22. The van der Waals surface area contributed by atoms with Crippen LogP contribution in [-0.2, 0) is 24.8 Å². The number of fused-ring (bicyclic) bond motifs is 1. The third-order valence-electron chi connectivity index (χ3n) is 3.40. The number of nitrogens with zero attached hydrogens (tertiary/aromatic N) is 2. The fraction of sp³-hybridized carbons (Fsp3) is 0.357. The molecule has 0 aliphatic heterocycles. The van der Waals surface area contributed by atoms with Gasteiger partial charge in [-0.1, -0.05) is 30.3 Å². The minimum absolute atomic E-state index is 0.170. The van der Waals surface area contributed by atoms with Crippen molar-refractivity contribution >= 4 is 15.9 Å². The molecule has 0 saturated heterocycles. The summed E-state index contributed by atoms with van der Waals surface area (Å²) < 4.78 is 8.92. The summed E-state index contributed by atoms with van der Waals surface area (Å²) in [6.07, 6.45) is 2.26. The molecule has 2 aromatic rings. The highest BCUT2D eigenvalue weighted by molar-refractivity contribution is 9.10. The minimum Gasteiger partial charge on any atom is -0.367 e. The number of aryl methyl sites for hydroxylation is 1. The molecule has 3 nitrogen and oxygen atoms in total. The second-order valence-electron chi connectivity index (χ2n) is 4.60. The molecule has 0 bridgehead atoms. The van der Waals surface area contributed by atoms with Crippen LogP contribution >= 0.6 is 15.9 Å². The van der Waals surface area contributed by atoms with Crippen molar-refractivity contribution in [1.82, 2.24) is 9.78 Å². The molecule has 0 amide bonds. The van der Waals surface area contributed by atoms with Gasteiger partial charge in [0.15, 0.2) is 0 Å². The normalized spacial score (nSPS) is 18.0. The van der Waals surface area contributed by atoms with Crippen LogP contribution < -0.4 is 0 Å². The zero-order chi connectivity index (χ0) is 12.5. The molecule has 4 heteroatoms. The number of ether oxygens (including phenoxy) is 1. The molecule has 0 N–H and O–H groups in total. The Morgan fingerprint density at radius 1 is 1.39 bits per heavy atom. The van der Waals surface area contributed by atoms with Crippen molar-refractivity contribution in [3.63, 3.8) is 0 Å². The summed E-state index contributed by atoms with van der Waals surface area (Å²) in [5.74, 6) is 0. The molecule has 1 aliphatic carbocycles. The molecule has 1 atom stereocenters. The van der Waals surface area contributed by atoms with Gasteiger partial charge in [0.1, 0.15) is 10.7 Å². The molecule has 0 fully saturated rings. The standard InChI is InChI=1S/C14H15BrN2O/c1-17-13-11(14(15)16-17)7-8-12(13)18-9-10-5-3-2-4-6-10/h2-6,12H,7-9H2,1H3. The molecule has 1 unspecified atom stereocenters. The maximum absolute atomic E-state index is 6.03. The molecule has 1 aromatic carbocycles. The molecular formula is C14H15BrN2O. The Morgan fingerprint density at radius 2 is 2.17 bits per heavy atom. The summed E-state index contributed by atoms with van der Waals surface area (Å²) in [4.78, 5) is 0. The molecule has 1 aromatic heterocycles. The zero-order valence-electron chi connectivity index (χ0n) is 10.3. The van der Waals surface area contributed by atoms with E-state index in [4.69, 9.17) is 4.74 Å². The number of rotatable bonds is 3. The van der Waals surface area contributed by atoms with Crippen LogP contribution in [0.15, 0.2) is 34.9 Å². The van der Waals surface area contributed by atoms with Gasteiger partial charge < -0.3 is 4.74 Å². The maximum atomic E-state index is 6.03. The highest BCUT2D eigenvalue weighted by atomic mass is 79.9. The van der Waals surface area contributed by atoms with E-state index in [1.54, 1.807) is 0 Å². The average Bonchev–Trinajstić information content (AvgIpc) is 2.92. The molecule has 3 rings (SSSR count). The van der Waals surface area contributed by atoms with Crippen LogP contribution in [0.25, 0.3) is 0 Å². The molecule has 94 valence electrons. The van der Waals surface area contributed by atoms with Gasteiger partial charge in [-0.05, 0) is 34.3 Å². The SMILES string of the molecule is Cn1nc(Br)c2c1C(OCc1ccccc1)CC2. The highest BCUT2D eigenvalue weighted by Crippen LogP contribution is 2.37. The van der Waals surface area contributed by atoms with E-state index in [2.05, 4.69) is 33.2 Å². The van der Waals surface area contributed by atoms with Gasteiger partial charge in [-0.25, -0.2) is 0 Å². The molecule has 0 radical (unpaired) electrons. The first-order valence-electron chi connectivity index (χ1n) is 6.12. The summed E-state index contributed by atoms with van der Waals surface area (Å²) in [5.41, 5.74) is 3.74. The van der Waals surface area contributed by atoms with Gasteiger partial charge >= 0.3 is 0 Å². The smallest absolute Gasteiger partial charge is 0.131 e. The Bertz CT molecular complexity index is 550. The van der Waals surface area contributed by atoms with E-state index in [9.17, 15) is 0 Å². The zero-order valence-corrected chi connectivity index (χ0v) is 11.9. The molecule has 1 aliphatic rings. The Balaban J connectivity index is 1.73. The van der Waals surface area contributed by atoms with Crippen molar-refractivity contribution in [1.29, 1.82) is 0 Å². The second-order valence-corrected chi connectivity index (χ2v) is 5.35. The van der Waals surface area contributed by atoms with Gasteiger partial charge in [-0.15, -0.1) is 0 Å². The van der Waals surface area contributed by atoms with Crippen molar-refractivity contribution in [2.75, 3.05) is 0 Å². The monoisotopic (exact) mass is 306 g/mol. The molecule has 0 spiro atoms. The summed E-state index contributed by atoms with van der Waals surface area (Å²) in [7, 11) is 1.98. The summed E-state index contributed by atoms with van der Waals surface area (Å²) in [6.45, 7) is 0.660. The number of halogens is 1. The van der Waals surface area contributed by atoms with Gasteiger partial charge in [-0.2, -0.15) is 5.10 Å². The number of hydrogen-bond acceptors (Lipinski definition) is 2. The van der Waals surface area contributed by atoms with Crippen LogP contribution in [0.4, 0.5) is 0 Å². The predicted molar refractivity (Wildman–Crippen MR) is 73.2 cm³/mol. The van der Waals surface area contributed by atoms with Crippen molar-refractivity contribution in [3.8, 4) is 0 Å². The number of aromatic nitrogens is 2. The largest absolute Gasteiger partial charge is 0.367 e. The second kappa shape index (κ2) is 4.86. The lowest BCUT2D eigenvalue weighted by Crippen LogP contribution is -2.06. The van der Waals surface area contributed by atoms with E-state index in [1.807, 2.05) is 29.9 Å². The van der Waals surface area contributed by atoms with Gasteiger partial charge in [0, 0.05) is 12.6 Å². The third kappa shape index (κ3) is 2.10. The molecule has 0 saturated carbocycles. The van der Waals surface area contributed by atoms with E-state index in [0.717, 1.165) is 17.4 Å². The summed E-state index contributed by atoms with van der Waals surface area (Å²) in [6, 6.07) is 10.3. The first kappa shape index (κ1) is 11.9. The Hall–Kier alpha value is -1.13. The lowest BCUT2D eigenvalue weighted by molar-refractivity contribution is 0.0359. The first-order chi connectivity index (χ1) is 8.75. The summed E-state index contributed by atoms with van der Waals surface area (Å²) >= 11 is 3.50. The number of hydrogen-bond donors (Lipinski definition) is 0. The Labute approximate surface area is 115 Å². The van der Waals surface area contributed by atoms with Crippen molar-refractivity contribution in [2.45, 2.75) is 25.6 Å². The predicted octanol–water partition coefficient (Wildman–Crippen LogP) is 3.39. The molecular weight excluding hydrogens is 292 g/mol. The maximum Gasteiger partial charge on any atom is 0.131 e. The van der Waals surface area contributed by atoms with Crippen LogP contribution in [0.1, 0.15) is 29.3 Å².